The van der Waals surface area contributed by atoms with E-state index in [4.69, 9.17) is 0 Å². The zero-order chi connectivity index (χ0) is 13.1. The van der Waals surface area contributed by atoms with Gasteiger partial charge in [0.2, 0.25) is 0 Å². The normalized spacial score (nSPS) is 13.8. The molecular weight excluding hydrogens is 247 g/mol. The van der Waals surface area contributed by atoms with Crippen molar-refractivity contribution in [1.82, 2.24) is 0 Å². The predicted octanol–water partition coefficient (Wildman–Crippen LogP) is 2.58. The molecule has 0 aliphatic carbocycles. The molecule has 0 saturated carbocycles. The molecule has 0 aliphatic rings. The first-order valence-corrected chi connectivity index (χ1v) is 4.56. The second kappa shape index (κ2) is 5.42. The van der Waals surface area contributed by atoms with E-state index >= 15 is 0 Å². The number of aliphatic hydroxyl groups is 1. The lowest BCUT2D eigenvalue weighted by Gasteiger charge is -2.13. The maximum atomic E-state index is 12.7. The summed E-state index contributed by atoms with van der Waals surface area (Å²) in [4.78, 5) is 0. The van der Waals surface area contributed by atoms with Gasteiger partial charge in [-0.3, -0.25) is 0 Å². The zero-order valence-corrected chi connectivity index (χ0v) is 8.47. The minimum Gasteiger partial charge on any atom is -0.386 e. The van der Waals surface area contributed by atoms with Crippen molar-refractivity contribution in [3.63, 3.8) is 0 Å². The van der Waals surface area contributed by atoms with Crippen LogP contribution in [0.15, 0.2) is 18.2 Å². The van der Waals surface area contributed by atoms with Crippen LogP contribution in [-0.4, -0.2) is 24.5 Å². The van der Waals surface area contributed by atoms with Gasteiger partial charge in [-0.05, 0) is 17.7 Å². The van der Waals surface area contributed by atoms with Crippen LogP contribution >= 0.6 is 0 Å². The largest absolute Gasteiger partial charge is 0.411 e. The Hall–Kier alpha value is -1.21. The highest BCUT2D eigenvalue weighted by Crippen LogP contribution is 2.19. The molecule has 1 aromatic rings. The Morgan fingerprint density at radius 2 is 1.65 bits per heavy atom. The lowest BCUT2D eigenvalue weighted by atomic mass is 10.1. The fourth-order valence-electron chi connectivity index (χ4n) is 1.15. The van der Waals surface area contributed by atoms with E-state index in [2.05, 4.69) is 4.74 Å². The van der Waals surface area contributed by atoms with E-state index in [0.29, 0.717) is 6.07 Å². The Morgan fingerprint density at radius 1 is 1.12 bits per heavy atom. The maximum Gasteiger partial charge on any atom is 0.411 e. The Labute approximate surface area is 93.6 Å². The molecule has 0 heterocycles. The van der Waals surface area contributed by atoms with Gasteiger partial charge in [0.15, 0.2) is 0 Å². The van der Waals surface area contributed by atoms with Crippen molar-refractivity contribution in [2.75, 3.05) is 13.2 Å². The number of rotatable bonds is 4. The number of ether oxygens (including phenoxy) is 1. The first-order chi connectivity index (χ1) is 7.78. The van der Waals surface area contributed by atoms with Gasteiger partial charge in [-0.1, -0.05) is 0 Å². The second-order valence-electron chi connectivity index (χ2n) is 3.35. The Morgan fingerprint density at radius 3 is 2.12 bits per heavy atom. The minimum absolute atomic E-state index is 0.176. The molecule has 1 N–H and O–H groups in total. The molecule has 1 rings (SSSR count). The van der Waals surface area contributed by atoms with Gasteiger partial charge in [0.1, 0.15) is 24.3 Å². The molecule has 0 spiro atoms. The van der Waals surface area contributed by atoms with Gasteiger partial charge in [0, 0.05) is 6.07 Å². The minimum atomic E-state index is -4.51. The van der Waals surface area contributed by atoms with E-state index in [9.17, 15) is 27.1 Å². The lowest BCUT2D eigenvalue weighted by molar-refractivity contribution is -0.179. The molecular formula is C10H9F5O2. The summed E-state index contributed by atoms with van der Waals surface area (Å²) in [7, 11) is 0. The molecule has 96 valence electrons. The number of hydrogen-bond acceptors (Lipinski definition) is 2. The van der Waals surface area contributed by atoms with E-state index in [0.717, 1.165) is 12.1 Å². The molecule has 0 saturated heterocycles. The van der Waals surface area contributed by atoms with Crippen molar-refractivity contribution in [3.05, 3.63) is 35.4 Å². The molecule has 0 amide bonds. The average Bonchev–Trinajstić information content (AvgIpc) is 2.13. The lowest BCUT2D eigenvalue weighted by Crippen LogP contribution is -2.19. The molecule has 0 aromatic heterocycles. The monoisotopic (exact) mass is 256 g/mol. The summed E-state index contributed by atoms with van der Waals surface area (Å²) < 4.78 is 64.8. The number of hydrogen-bond donors (Lipinski definition) is 1. The number of halogens is 5. The van der Waals surface area contributed by atoms with Crippen LogP contribution in [0.25, 0.3) is 0 Å². The van der Waals surface area contributed by atoms with Crippen molar-refractivity contribution in [2.24, 2.45) is 0 Å². The molecule has 1 aromatic carbocycles. The first kappa shape index (κ1) is 13.9. The zero-order valence-electron chi connectivity index (χ0n) is 8.47. The van der Waals surface area contributed by atoms with Gasteiger partial charge >= 0.3 is 6.18 Å². The molecule has 7 heteroatoms. The summed E-state index contributed by atoms with van der Waals surface area (Å²) >= 11 is 0. The summed E-state index contributed by atoms with van der Waals surface area (Å²) in [5.41, 5.74) is -0.176. The Kier molecular flexibility index (Phi) is 4.41. The van der Waals surface area contributed by atoms with Gasteiger partial charge in [0.25, 0.3) is 0 Å². The average molecular weight is 256 g/mol. The number of alkyl halides is 3. The predicted molar refractivity (Wildman–Crippen MR) is 48.2 cm³/mol. The Balaban J connectivity index is 2.55. The molecule has 0 radical (unpaired) electrons. The molecule has 0 bridgehead atoms. The van der Waals surface area contributed by atoms with Crippen molar-refractivity contribution < 1.29 is 31.8 Å². The van der Waals surface area contributed by atoms with Gasteiger partial charge in [-0.2, -0.15) is 13.2 Å². The summed E-state index contributed by atoms with van der Waals surface area (Å²) in [5, 5.41) is 9.34. The number of benzene rings is 1. The van der Waals surface area contributed by atoms with E-state index in [1.54, 1.807) is 0 Å². The van der Waals surface area contributed by atoms with Crippen molar-refractivity contribution in [1.29, 1.82) is 0 Å². The maximum absolute atomic E-state index is 12.7. The topological polar surface area (TPSA) is 29.5 Å². The van der Waals surface area contributed by atoms with Crippen LogP contribution < -0.4 is 0 Å². The quantitative estimate of drug-likeness (QED) is 0.839. The van der Waals surface area contributed by atoms with Gasteiger partial charge in [0.05, 0.1) is 6.61 Å². The van der Waals surface area contributed by atoms with Gasteiger partial charge in [-0.25, -0.2) is 8.78 Å². The SMILES string of the molecule is OC(COCC(F)(F)F)c1cc(F)cc(F)c1. The summed E-state index contributed by atoms with van der Waals surface area (Å²) in [6, 6.07) is 2.24. The molecule has 1 atom stereocenters. The third-order valence-electron chi connectivity index (χ3n) is 1.81. The molecule has 0 aliphatic heterocycles. The smallest absolute Gasteiger partial charge is 0.386 e. The van der Waals surface area contributed by atoms with E-state index in [1.165, 1.54) is 0 Å². The summed E-state index contributed by atoms with van der Waals surface area (Å²) in [6.45, 7) is -2.22. The second-order valence-corrected chi connectivity index (χ2v) is 3.35. The van der Waals surface area contributed by atoms with Crippen LogP contribution in [0.1, 0.15) is 11.7 Å². The molecule has 0 fully saturated rings. The van der Waals surface area contributed by atoms with Crippen molar-refractivity contribution in [3.8, 4) is 0 Å². The molecule has 17 heavy (non-hydrogen) atoms. The first-order valence-electron chi connectivity index (χ1n) is 4.56. The van der Waals surface area contributed by atoms with Gasteiger partial charge in [-0.15, -0.1) is 0 Å². The highest BCUT2D eigenvalue weighted by atomic mass is 19.4. The van der Waals surface area contributed by atoms with Crippen LogP contribution in [0.5, 0.6) is 0 Å². The third-order valence-corrected chi connectivity index (χ3v) is 1.81. The van der Waals surface area contributed by atoms with Crippen LogP contribution in [-0.2, 0) is 4.74 Å². The van der Waals surface area contributed by atoms with Crippen LogP contribution in [0.3, 0.4) is 0 Å². The highest BCUT2D eigenvalue weighted by Gasteiger charge is 2.28. The van der Waals surface area contributed by atoms with Crippen LogP contribution in [0, 0.1) is 11.6 Å². The third kappa shape index (κ3) is 5.10. The fourth-order valence-corrected chi connectivity index (χ4v) is 1.15. The standard InChI is InChI=1S/C10H9F5O2/c11-7-1-6(2-8(12)3-7)9(16)4-17-5-10(13,14)15/h1-3,9,16H,4-5H2. The van der Waals surface area contributed by atoms with Crippen molar-refractivity contribution >= 4 is 0 Å². The molecule has 1 unspecified atom stereocenters. The van der Waals surface area contributed by atoms with E-state index in [1.807, 2.05) is 0 Å². The Bertz CT molecular complexity index is 357. The highest BCUT2D eigenvalue weighted by molar-refractivity contribution is 5.20. The number of aliphatic hydroxyl groups excluding tert-OH is 1. The van der Waals surface area contributed by atoms with Crippen LogP contribution in [0.4, 0.5) is 22.0 Å². The van der Waals surface area contributed by atoms with E-state index in [-0.39, 0.29) is 5.56 Å². The summed E-state index contributed by atoms with van der Waals surface area (Å²) in [6.07, 6.45) is -6.02. The molecule has 2 nitrogen and oxygen atoms in total. The van der Waals surface area contributed by atoms with Crippen LogP contribution in [0.2, 0.25) is 0 Å². The summed E-state index contributed by atoms with van der Waals surface area (Å²) in [5.74, 6) is -1.84. The fraction of sp³-hybridized carbons (Fsp3) is 0.400. The van der Waals surface area contributed by atoms with Gasteiger partial charge < -0.3 is 9.84 Å². The van der Waals surface area contributed by atoms with E-state index < -0.39 is 37.1 Å². The van der Waals surface area contributed by atoms with Crippen molar-refractivity contribution in [2.45, 2.75) is 12.3 Å².